The van der Waals surface area contributed by atoms with Crippen LogP contribution in [0.5, 0.6) is 0 Å². The summed E-state index contributed by atoms with van der Waals surface area (Å²) >= 11 is 6.74. The Hall–Kier alpha value is -0.338. The average molecular weight is 441 g/mol. The highest BCUT2D eigenvalue weighted by Gasteiger charge is 2.53. The first-order valence-corrected chi connectivity index (χ1v) is 14.2. The Bertz CT molecular complexity index is 721. The first kappa shape index (κ1) is 23.3. The summed E-state index contributed by atoms with van der Waals surface area (Å²) in [6, 6.07) is 0.304. The van der Waals surface area contributed by atoms with Crippen molar-refractivity contribution in [1.82, 2.24) is 9.78 Å². The molecule has 2 heterocycles. The van der Waals surface area contributed by atoms with Gasteiger partial charge in [-0.15, -0.1) is 0 Å². The molecule has 0 aromatic carbocycles. The second-order valence-electron chi connectivity index (χ2n) is 11.2. The fourth-order valence-electron chi connectivity index (χ4n) is 3.74. The molecule has 29 heavy (non-hydrogen) atoms. The third kappa shape index (κ3) is 4.49. The molecule has 1 saturated carbocycles. The molecule has 8 heteroatoms. The Morgan fingerprint density at radius 1 is 1.10 bits per heavy atom. The first-order chi connectivity index (χ1) is 13.1. The molecule has 1 aromatic rings. The lowest BCUT2D eigenvalue weighted by Crippen LogP contribution is -2.44. The third-order valence-corrected chi connectivity index (χ3v) is 12.5. The van der Waals surface area contributed by atoms with Gasteiger partial charge >= 0.3 is 7.12 Å². The average Bonchev–Trinajstić information content (AvgIpc) is 3.03. The number of halogens is 1. The normalized spacial score (nSPS) is 27.4. The predicted octanol–water partition coefficient (Wildman–Crippen LogP) is 5.34. The molecular weight excluding hydrogens is 403 g/mol. The van der Waals surface area contributed by atoms with Crippen molar-refractivity contribution >= 4 is 32.5 Å². The summed E-state index contributed by atoms with van der Waals surface area (Å²) in [5.41, 5.74) is 0.0507. The van der Waals surface area contributed by atoms with Gasteiger partial charge in [-0.1, -0.05) is 32.4 Å². The SMILES string of the molecule is CC1(C)OB(c2cnn([C@H]3CC[C@H](O[Si](C)(C)C(C)(C)C)CC3)c2Cl)OC1(C)C. The zero-order chi connectivity index (χ0) is 21.8. The lowest BCUT2D eigenvalue weighted by molar-refractivity contribution is 0.00578. The van der Waals surface area contributed by atoms with Crippen LogP contribution < -0.4 is 5.46 Å². The molecule has 0 amide bonds. The highest BCUT2D eigenvalue weighted by Crippen LogP contribution is 2.41. The predicted molar refractivity (Wildman–Crippen MR) is 123 cm³/mol. The molecule has 2 aliphatic rings. The van der Waals surface area contributed by atoms with Gasteiger partial charge in [0.2, 0.25) is 0 Å². The topological polar surface area (TPSA) is 45.5 Å². The number of nitrogens with zero attached hydrogens (tertiary/aromatic N) is 2. The van der Waals surface area contributed by atoms with E-state index in [9.17, 15) is 0 Å². The van der Waals surface area contributed by atoms with E-state index in [4.69, 9.17) is 25.3 Å². The summed E-state index contributed by atoms with van der Waals surface area (Å²) < 4.78 is 20.9. The van der Waals surface area contributed by atoms with Crippen LogP contribution in [-0.4, -0.2) is 42.5 Å². The van der Waals surface area contributed by atoms with Crippen LogP contribution in [0.1, 0.15) is 80.2 Å². The van der Waals surface area contributed by atoms with Gasteiger partial charge in [-0.3, -0.25) is 4.68 Å². The largest absolute Gasteiger partial charge is 0.499 e. The van der Waals surface area contributed by atoms with E-state index in [1.54, 1.807) is 0 Å². The van der Waals surface area contributed by atoms with Crippen LogP contribution in [0.3, 0.4) is 0 Å². The van der Waals surface area contributed by atoms with Gasteiger partial charge in [0.1, 0.15) is 5.15 Å². The zero-order valence-corrected chi connectivity index (χ0v) is 21.4. The van der Waals surface area contributed by atoms with Gasteiger partial charge in [0.25, 0.3) is 0 Å². The second-order valence-corrected chi connectivity index (χ2v) is 16.3. The molecule has 164 valence electrons. The molecule has 1 saturated heterocycles. The van der Waals surface area contributed by atoms with E-state index in [1.165, 1.54) is 0 Å². The lowest BCUT2D eigenvalue weighted by atomic mass is 9.81. The summed E-state index contributed by atoms with van der Waals surface area (Å²) in [4.78, 5) is 0. The Kier molecular flexibility index (Phi) is 6.16. The van der Waals surface area contributed by atoms with Gasteiger partial charge in [-0.2, -0.15) is 5.10 Å². The van der Waals surface area contributed by atoms with E-state index >= 15 is 0 Å². The van der Waals surface area contributed by atoms with E-state index in [-0.39, 0.29) is 16.2 Å². The van der Waals surface area contributed by atoms with E-state index in [2.05, 4.69) is 66.7 Å². The van der Waals surface area contributed by atoms with Gasteiger partial charge in [0.05, 0.1) is 23.4 Å². The molecule has 0 radical (unpaired) electrons. The standard InChI is InChI=1S/C21H38BClN2O3Si/c1-19(2,3)29(8,9)26-16-12-10-15(11-13-16)25-18(23)17(14-24-25)22-27-20(4,5)21(6,7)28-22/h14-16H,10-13H2,1-9H3/t15-,16-. The monoisotopic (exact) mass is 440 g/mol. The maximum absolute atomic E-state index is 6.74. The quantitative estimate of drug-likeness (QED) is 0.593. The molecule has 0 atom stereocenters. The Balaban J connectivity index is 1.65. The first-order valence-electron chi connectivity index (χ1n) is 10.9. The molecular formula is C21H38BClN2O3Si. The van der Waals surface area contributed by atoms with E-state index in [0.717, 1.165) is 31.1 Å². The van der Waals surface area contributed by atoms with E-state index in [1.807, 2.05) is 10.9 Å². The Morgan fingerprint density at radius 2 is 1.62 bits per heavy atom. The fourth-order valence-corrected chi connectivity index (χ4v) is 5.49. The summed E-state index contributed by atoms with van der Waals surface area (Å²) in [7, 11) is -2.20. The number of hydrogen-bond acceptors (Lipinski definition) is 4. The summed E-state index contributed by atoms with van der Waals surface area (Å²) in [5.74, 6) is 0. The highest BCUT2D eigenvalue weighted by atomic mass is 35.5. The Labute approximate surface area is 183 Å². The molecule has 1 aromatic heterocycles. The van der Waals surface area contributed by atoms with Gasteiger partial charge < -0.3 is 13.7 Å². The van der Waals surface area contributed by atoms with Crippen LogP contribution in [0, 0.1) is 0 Å². The minimum atomic E-state index is -1.73. The van der Waals surface area contributed by atoms with Gasteiger partial charge in [-0.05, 0) is 71.5 Å². The van der Waals surface area contributed by atoms with Gasteiger partial charge in [0.15, 0.2) is 8.32 Å². The summed E-state index contributed by atoms with van der Waals surface area (Å²) in [6.45, 7) is 19.8. The van der Waals surface area contributed by atoms with Crippen molar-refractivity contribution in [2.45, 2.75) is 116 Å². The smallest absolute Gasteiger partial charge is 0.414 e. The van der Waals surface area contributed by atoms with Gasteiger partial charge in [-0.25, -0.2) is 0 Å². The second kappa shape index (κ2) is 7.66. The van der Waals surface area contributed by atoms with Gasteiger partial charge in [0, 0.05) is 11.6 Å². The van der Waals surface area contributed by atoms with Crippen molar-refractivity contribution in [3.63, 3.8) is 0 Å². The van der Waals surface area contributed by atoms with Crippen molar-refractivity contribution in [2.75, 3.05) is 0 Å². The minimum Gasteiger partial charge on any atom is -0.414 e. The van der Waals surface area contributed by atoms with E-state index in [0.29, 0.717) is 17.3 Å². The third-order valence-electron chi connectivity index (χ3n) is 7.52. The van der Waals surface area contributed by atoms with Crippen molar-refractivity contribution < 1.29 is 13.7 Å². The van der Waals surface area contributed by atoms with Crippen LogP contribution in [-0.2, 0) is 13.7 Å². The molecule has 1 aliphatic carbocycles. The molecule has 3 rings (SSSR count). The molecule has 0 bridgehead atoms. The van der Waals surface area contributed by atoms with Crippen LogP contribution in [0.4, 0.5) is 0 Å². The van der Waals surface area contributed by atoms with Crippen LogP contribution in [0.25, 0.3) is 0 Å². The fraction of sp³-hybridized carbons (Fsp3) is 0.857. The summed E-state index contributed by atoms with van der Waals surface area (Å²) in [5, 5.41) is 5.49. The molecule has 5 nitrogen and oxygen atoms in total. The molecule has 0 unspecified atom stereocenters. The van der Waals surface area contributed by atoms with Crippen LogP contribution in [0.15, 0.2) is 6.20 Å². The summed E-state index contributed by atoms with van der Waals surface area (Å²) in [6.07, 6.45) is 6.33. The van der Waals surface area contributed by atoms with Crippen LogP contribution >= 0.6 is 11.6 Å². The van der Waals surface area contributed by atoms with E-state index < -0.39 is 15.4 Å². The molecule has 0 spiro atoms. The molecule has 0 N–H and O–H groups in total. The molecule has 1 aliphatic heterocycles. The van der Waals surface area contributed by atoms with Crippen LogP contribution in [0.2, 0.25) is 23.3 Å². The van der Waals surface area contributed by atoms with Crippen molar-refractivity contribution in [1.29, 1.82) is 0 Å². The molecule has 2 fully saturated rings. The Morgan fingerprint density at radius 3 is 2.10 bits per heavy atom. The minimum absolute atomic E-state index is 0.243. The zero-order valence-electron chi connectivity index (χ0n) is 19.6. The van der Waals surface area contributed by atoms with Crippen molar-refractivity contribution in [3.05, 3.63) is 11.3 Å². The number of hydrogen-bond donors (Lipinski definition) is 0. The maximum atomic E-state index is 6.74. The van der Waals surface area contributed by atoms with Crippen molar-refractivity contribution in [2.24, 2.45) is 0 Å². The number of aromatic nitrogens is 2. The number of rotatable bonds is 4. The highest BCUT2D eigenvalue weighted by molar-refractivity contribution is 6.74. The van der Waals surface area contributed by atoms with Crippen molar-refractivity contribution in [3.8, 4) is 0 Å². The lowest BCUT2D eigenvalue weighted by Gasteiger charge is -2.41. The maximum Gasteiger partial charge on any atom is 0.499 e.